The van der Waals surface area contributed by atoms with E-state index in [1.165, 1.54) is 6.20 Å². The summed E-state index contributed by atoms with van der Waals surface area (Å²) in [5, 5.41) is 11.8. The molecule has 0 radical (unpaired) electrons. The maximum Gasteiger partial charge on any atom is 0.305 e. The Balaban J connectivity index is 1.86. The van der Waals surface area contributed by atoms with Gasteiger partial charge in [0.25, 0.3) is 0 Å². The van der Waals surface area contributed by atoms with Crippen molar-refractivity contribution in [2.75, 3.05) is 0 Å². The fourth-order valence-electron chi connectivity index (χ4n) is 3.02. The zero-order chi connectivity index (χ0) is 20.7. The van der Waals surface area contributed by atoms with E-state index in [4.69, 9.17) is 11.6 Å². The van der Waals surface area contributed by atoms with Crippen LogP contribution in [0.15, 0.2) is 54.9 Å². The standard InChI is InChI=1S/C20H10ClF2N3O3/c21-12-3-1-10(2-4-12)11-7-13-14(9-25-20(13)24-8-11)19(27)17-15(22)5-6-16(18(17)23)26(28)29/h1-9H,(H,24,25). The number of fused-ring (bicyclic) bond motifs is 1. The van der Waals surface area contributed by atoms with Gasteiger partial charge in [-0.05, 0) is 29.8 Å². The first-order valence-electron chi connectivity index (χ1n) is 8.27. The van der Waals surface area contributed by atoms with Crippen LogP contribution in [0.25, 0.3) is 22.2 Å². The van der Waals surface area contributed by atoms with Crippen LogP contribution in [0.2, 0.25) is 5.02 Å². The molecule has 0 aliphatic carbocycles. The third-order valence-corrected chi connectivity index (χ3v) is 4.70. The molecule has 29 heavy (non-hydrogen) atoms. The van der Waals surface area contributed by atoms with Crippen molar-refractivity contribution < 1.29 is 18.5 Å². The first-order valence-corrected chi connectivity index (χ1v) is 8.65. The maximum atomic E-state index is 14.5. The summed E-state index contributed by atoms with van der Waals surface area (Å²) in [6.07, 6.45) is 2.84. The summed E-state index contributed by atoms with van der Waals surface area (Å²) in [4.78, 5) is 29.8. The van der Waals surface area contributed by atoms with Crippen molar-refractivity contribution in [1.29, 1.82) is 0 Å². The third kappa shape index (κ3) is 3.23. The molecule has 0 saturated carbocycles. The smallest absolute Gasteiger partial charge is 0.305 e. The number of aromatic amines is 1. The Kier molecular flexibility index (Phi) is 4.56. The predicted octanol–water partition coefficient (Wildman–Crippen LogP) is 5.30. The van der Waals surface area contributed by atoms with Gasteiger partial charge in [0.1, 0.15) is 17.0 Å². The molecule has 2 heterocycles. The number of rotatable bonds is 4. The van der Waals surface area contributed by atoms with E-state index in [2.05, 4.69) is 9.97 Å². The second-order valence-electron chi connectivity index (χ2n) is 6.17. The molecule has 9 heteroatoms. The topological polar surface area (TPSA) is 88.9 Å². The van der Waals surface area contributed by atoms with E-state index in [1.54, 1.807) is 36.5 Å². The molecule has 0 spiro atoms. The Morgan fingerprint density at radius 1 is 1.10 bits per heavy atom. The molecular formula is C20H10ClF2N3O3. The molecule has 144 valence electrons. The summed E-state index contributed by atoms with van der Waals surface area (Å²) in [5.41, 5.74) is -0.260. The number of aromatic nitrogens is 2. The average molecular weight is 414 g/mol. The monoisotopic (exact) mass is 413 g/mol. The summed E-state index contributed by atoms with van der Waals surface area (Å²) in [5.74, 6) is -3.73. The fraction of sp³-hybridized carbons (Fsp3) is 0. The van der Waals surface area contributed by atoms with Gasteiger partial charge >= 0.3 is 5.69 Å². The van der Waals surface area contributed by atoms with Crippen LogP contribution < -0.4 is 0 Å². The number of nitrogens with zero attached hydrogens (tertiary/aromatic N) is 2. The lowest BCUT2D eigenvalue weighted by molar-refractivity contribution is -0.387. The van der Waals surface area contributed by atoms with Crippen LogP contribution in [-0.4, -0.2) is 20.7 Å². The second kappa shape index (κ2) is 7.06. The number of hydrogen-bond acceptors (Lipinski definition) is 4. The lowest BCUT2D eigenvalue weighted by atomic mass is 10.00. The molecular weight excluding hydrogens is 404 g/mol. The van der Waals surface area contributed by atoms with Crippen molar-refractivity contribution in [2.24, 2.45) is 0 Å². The van der Waals surface area contributed by atoms with Crippen molar-refractivity contribution in [3.63, 3.8) is 0 Å². The normalized spacial score (nSPS) is 11.0. The van der Waals surface area contributed by atoms with E-state index in [0.29, 0.717) is 33.8 Å². The van der Waals surface area contributed by atoms with Crippen LogP contribution in [0, 0.1) is 21.7 Å². The highest BCUT2D eigenvalue weighted by atomic mass is 35.5. The third-order valence-electron chi connectivity index (χ3n) is 4.45. The highest BCUT2D eigenvalue weighted by Gasteiger charge is 2.28. The number of nitro groups is 1. The Morgan fingerprint density at radius 2 is 1.83 bits per heavy atom. The van der Waals surface area contributed by atoms with Gasteiger partial charge in [0, 0.05) is 40.0 Å². The zero-order valence-electron chi connectivity index (χ0n) is 14.4. The molecule has 2 aromatic carbocycles. The van der Waals surface area contributed by atoms with Crippen LogP contribution in [0.5, 0.6) is 0 Å². The van der Waals surface area contributed by atoms with Crippen molar-refractivity contribution in [1.82, 2.24) is 9.97 Å². The molecule has 0 unspecified atom stereocenters. The summed E-state index contributed by atoms with van der Waals surface area (Å²) in [7, 11) is 0. The van der Waals surface area contributed by atoms with Crippen molar-refractivity contribution in [3.05, 3.63) is 92.8 Å². The van der Waals surface area contributed by atoms with Crippen molar-refractivity contribution in [2.45, 2.75) is 0 Å². The summed E-state index contributed by atoms with van der Waals surface area (Å²) < 4.78 is 28.7. The average Bonchev–Trinajstić information content (AvgIpc) is 3.11. The van der Waals surface area contributed by atoms with Crippen molar-refractivity contribution in [3.8, 4) is 11.1 Å². The van der Waals surface area contributed by atoms with Gasteiger partial charge in [0.2, 0.25) is 11.6 Å². The molecule has 0 aliphatic heterocycles. The van der Waals surface area contributed by atoms with Gasteiger partial charge in [0.05, 0.1) is 4.92 Å². The molecule has 0 fully saturated rings. The number of H-pyrrole nitrogens is 1. The molecule has 2 aromatic heterocycles. The van der Waals surface area contributed by atoms with Crippen molar-refractivity contribution >= 4 is 34.1 Å². The van der Waals surface area contributed by atoms with E-state index in [9.17, 15) is 23.7 Å². The SMILES string of the molecule is O=C(c1c(F)ccc([N+](=O)[O-])c1F)c1c[nH]c2ncc(-c3ccc(Cl)cc3)cc12. The Labute approximate surface area is 166 Å². The van der Waals surface area contributed by atoms with Crippen LogP contribution in [0.3, 0.4) is 0 Å². The molecule has 0 atom stereocenters. The van der Waals surface area contributed by atoms with E-state index >= 15 is 0 Å². The van der Waals surface area contributed by atoms with Gasteiger partial charge < -0.3 is 4.98 Å². The Bertz CT molecular complexity index is 1290. The van der Waals surface area contributed by atoms with Gasteiger partial charge in [-0.1, -0.05) is 23.7 Å². The molecule has 0 saturated heterocycles. The van der Waals surface area contributed by atoms with Crippen LogP contribution >= 0.6 is 11.6 Å². The number of carbonyl (C=O) groups is 1. The second-order valence-corrected chi connectivity index (χ2v) is 6.61. The highest BCUT2D eigenvalue weighted by Crippen LogP contribution is 2.30. The largest absolute Gasteiger partial charge is 0.345 e. The van der Waals surface area contributed by atoms with Gasteiger partial charge in [-0.25, -0.2) is 9.37 Å². The molecule has 4 rings (SSSR count). The number of pyridine rings is 1. The van der Waals surface area contributed by atoms with Gasteiger partial charge in [0.15, 0.2) is 0 Å². The van der Waals surface area contributed by atoms with E-state index < -0.39 is 33.6 Å². The summed E-state index contributed by atoms with van der Waals surface area (Å²) in [6.45, 7) is 0. The predicted molar refractivity (Wildman–Crippen MR) is 103 cm³/mol. The lowest BCUT2D eigenvalue weighted by Gasteiger charge is -2.05. The Morgan fingerprint density at radius 3 is 2.52 bits per heavy atom. The minimum absolute atomic E-state index is 0.0541. The molecule has 0 aliphatic rings. The molecule has 1 N–H and O–H groups in total. The summed E-state index contributed by atoms with van der Waals surface area (Å²) in [6, 6.07) is 9.93. The zero-order valence-corrected chi connectivity index (χ0v) is 15.2. The maximum absolute atomic E-state index is 14.5. The number of carbonyl (C=O) groups excluding carboxylic acids is 1. The number of hydrogen-bond donors (Lipinski definition) is 1. The molecule has 0 amide bonds. The van der Waals surface area contributed by atoms with Crippen LogP contribution in [-0.2, 0) is 0 Å². The number of nitrogens with one attached hydrogen (secondary N) is 1. The summed E-state index contributed by atoms with van der Waals surface area (Å²) >= 11 is 5.89. The van der Waals surface area contributed by atoms with E-state index in [1.807, 2.05) is 0 Å². The van der Waals surface area contributed by atoms with Gasteiger partial charge in [-0.2, -0.15) is 4.39 Å². The number of nitro benzene ring substituents is 1. The van der Waals surface area contributed by atoms with Gasteiger partial charge in [-0.3, -0.25) is 14.9 Å². The van der Waals surface area contributed by atoms with E-state index in [0.717, 1.165) is 5.56 Å². The molecule has 4 aromatic rings. The van der Waals surface area contributed by atoms with E-state index in [-0.39, 0.29) is 5.56 Å². The molecule has 6 nitrogen and oxygen atoms in total. The van der Waals surface area contributed by atoms with Gasteiger partial charge in [-0.15, -0.1) is 0 Å². The van der Waals surface area contributed by atoms with Crippen LogP contribution in [0.4, 0.5) is 14.5 Å². The number of halogens is 3. The number of benzene rings is 2. The first kappa shape index (κ1) is 18.7. The highest BCUT2D eigenvalue weighted by molar-refractivity contribution is 6.30. The minimum Gasteiger partial charge on any atom is -0.345 e. The van der Waals surface area contributed by atoms with Crippen LogP contribution in [0.1, 0.15) is 15.9 Å². The quantitative estimate of drug-likeness (QED) is 0.279. The number of ketones is 1. The first-order chi connectivity index (χ1) is 13.9. The molecule has 0 bridgehead atoms. The Hall–Kier alpha value is -3.65. The fourth-order valence-corrected chi connectivity index (χ4v) is 3.14. The minimum atomic E-state index is -1.52. The lowest BCUT2D eigenvalue weighted by Crippen LogP contribution is -2.09.